The zero-order valence-electron chi connectivity index (χ0n) is 15.8. The number of fused-ring (bicyclic) bond motifs is 2. The first-order valence-corrected chi connectivity index (χ1v) is 10.00. The maximum absolute atomic E-state index is 13.1. The lowest BCUT2D eigenvalue weighted by atomic mass is 10.1. The third-order valence-electron chi connectivity index (χ3n) is 4.81. The molecular weight excluding hydrogens is 390 g/mol. The van der Waals surface area contributed by atoms with E-state index in [0.29, 0.717) is 28.2 Å². The SMILES string of the molecule is Cc1[nH]c2ccccc2c1C(=O)C(C)Sc1nnc(-c2ccc3c(c2)OCO3)o1. The van der Waals surface area contributed by atoms with Crippen LogP contribution in [0, 0.1) is 6.92 Å². The topological polar surface area (TPSA) is 90.2 Å². The Morgan fingerprint density at radius 3 is 2.86 bits per heavy atom. The number of nitrogens with zero attached hydrogens (tertiary/aromatic N) is 2. The molecule has 2 aromatic heterocycles. The molecule has 146 valence electrons. The first kappa shape index (κ1) is 17.8. The Bertz CT molecular complexity index is 1230. The number of thioether (sulfide) groups is 1. The summed E-state index contributed by atoms with van der Waals surface area (Å²) in [7, 11) is 0. The fourth-order valence-corrected chi connectivity index (χ4v) is 4.15. The Hall–Kier alpha value is -3.26. The van der Waals surface area contributed by atoms with Crippen molar-refractivity contribution >= 4 is 28.4 Å². The standard InChI is InChI=1S/C21H17N3O4S/c1-11-18(14-5-3-4-6-15(14)22-11)19(25)12(2)29-21-24-23-20(28-21)13-7-8-16-17(9-13)27-10-26-16/h3-9,12,22H,10H2,1-2H3. The van der Waals surface area contributed by atoms with Crippen LogP contribution in [0.4, 0.5) is 0 Å². The van der Waals surface area contributed by atoms with Crippen molar-refractivity contribution in [2.24, 2.45) is 0 Å². The van der Waals surface area contributed by atoms with Gasteiger partial charge in [-0.1, -0.05) is 30.0 Å². The molecule has 0 bridgehead atoms. The number of Topliss-reactive ketones (excluding diaryl/α,β-unsaturated/α-hetero) is 1. The predicted octanol–water partition coefficient (Wildman–Crippen LogP) is 4.62. The minimum atomic E-state index is -0.377. The van der Waals surface area contributed by atoms with E-state index in [2.05, 4.69) is 15.2 Å². The lowest BCUT2D eigenvalue weighted by Gasteiger charge is -2.07. The van der Waals surface area contributed by atoms with Crippen LogP contribution < -0.4 is 9.47 Å². The molecule has 1 atom stereocenters. The summed E-state index contributed by atoms with van der Waals surface area (Å²) in [5.41, 5.74) is 3.25. The monoisotopic (exact) mass is 407 g/mol. The molecule has 7 nitrogen and oxygen atoms in total. The number of hydrogen-bond donors (Lipinski definition) is 1. The number of para-hydroxylation sites is 1. The van der Waals surface area contributed by atoms with Gasteiger partial charge in [0.15, 0.2) is 17.3 Å². The molecule has 0 amide bonds. The molecule has 0 radical (unpaired) electrons. The molecule has 4 aromatic rings. The summed E-state index contributed by atoms with van der Waals surface area (Å²) < 4.78 is 16.5. The summed E-state index contributed by atoms with van der Waals surface area (Å²) in [6.45, 7) is 3.96. The maximum atomic E-state index is 13.1. The number of ketones is 1. The maximum Gasteiger partial charge on any atom is 0.277 e. The largest absolute Gasteiger partial charge is 0.454 e. The van der Waals surface area contributed by atoms with E-state index in [1.807, 2.05) is 44.2 Å². The van der Waals surface area contributed by atoms with Gasteiger partial charge in [0.1, 0.15) is 0 Å². The smallest absolute Gasteiger partial charge is 0.277 e. The van der Waals surface area contributed by atoms with Gasteiger partial charge in [-0.05, 0) is 38.1 Å². The van der Waals surface area contributed by atoms with Crippen LogP contribution in [0.3, 0.4) is 0 Å². The quantitative estimate of drug-likeness (QED) is 0.381. The molecule has 0 saturated carbocycles. The summed E-state index contributed by atoms with van der Waals surface area (Å²) in [4.78, 5) is 16.4. The number of aryl methyl sites for hydroxylation is 1. The number of ether oxygens (including phenoxy) is 2. The van der Waals surface area contributed by atoms with E-state index in [0.717, 1.165) is 22.2 Å². The van der Waals surface area contributed by atoms with Gasteiger partial charge in [0, 0.05) is 27.7 Å². The van der Waals surface area contributed by atoms with Crippen molar-refractivity contribution in [3.63, 3.8) is 0 Å². The van der Waals surface area contributed by atoms with Gasteiger partial charge in [0.2, 0.25) is 12.7 Å². The highest BCUT2D eigenvalue weighted by Crippen LogP contribution is 2.36. The van der Waals surface area contributed by atoms with Gasteiger partial charge in [0.25, 0.3) is 5.22 Å². The highest BCUT2D eigenvalue weighted by molar-refractivity contribution is 8.00. The molecule has 8 heteroatoms. The molecule has 1 aliphatic heterocycles. The highest BCUT2D eigenvalue weighted by atomic mass is 32.2. The normalized spacial score (nSPS) is 13.7. The molecule has 29 heavy (non-hydrogen) atoms. The lowest BCUT2D eigenvalue weighted by molar-refractivity contribution is 0.0994. The minimum Gasteiger partial charge on any atom is -0.454 e. The Balaban J connectivity index is 1.37. The number of nitrogens with one attached hydrogen (secondary N) is 1. The Labute approximate surface area is 170 Å². The van der Waals surface area contributed by atoms with E-state index in [1.165, 1.54) is 11.8 Å². The van der Waals surface area contributed by atoms with E-state index >= 15 is 0 Å². The second kappa shape index (κ2) is 6.97. The fraction of sp³-hybridized carbons (Fsp3) is 0.190. The van der Waals surface area contributed by atoms with Crippen molar-refractivity contribution < 1.29 is 18.7 Å². The fourth-order valence-electron chi connectivity index (χ4n) is 3.41. The predicted molar refractivity (Wildman–Crippen MR) is 109 cm³/mol. The van der Waals surface area contributed by atoms with E-state index < -0.39 is 0 Å². The van der Waals surface area contributed by atoms with Crippen molar-refractivity contribution in [2.45, 2.75) is 24.3 Å². The number of aromatic amines is 1. The van der Waals surface area contributed by atoms with Crippen LogP contribution >= 0.6 is 11.8 Å². The minimum absolute atomic E-state index is 0.0211. The number of benzene rings is 2. The summed E-state index contributed by atoms with van der Waals surface area (Å²) >= 11 is 1.25. The van der Waals surface area contributed by atoms with Gasteiger partial charge in [-0.2, -0.15) is 0 Å². The third kappa shape index (κ3) is 3.15. The van der Waals surface area contributed by atoms with Crippen molar-refractivity contribution in [3.05, 3.63) is 53.7 Å². The van der Waals surface area contributed by atoms with Crippen LogP contribution in [-0.4, -0.2) is 33.0 Å². The second-order valence-electron chi connectivity index (χ2n) is 6.74. The zero-order valence-corrected chi connectivity index (χ0v) is 16.6. The molecule has 1 aliphatic rings. The number of carbonyl (C=O) groups is 1. The van der Waals surface area contributed by atoms with Gasteiger partial charge in [0.05, 0.1) is 5.25 Å². The molecule has 5 rings (SSSR count). The lowest BCUT2D eigenvalue weighted by Crippen LogP contribution is -2.14. The van der Waals surface area contributed by atoms with Crippen LogP contribution in [0.15, 0.2) is 52.1 Å². The first-order valence-electron chi connectivity index (χ1n) is 9.12. The Kier molecular flexibility index (Phi) is 4.28. The molecule has 2 aromatic carbocycles. The number of H-pyrrole nitrogens is 1. The van der Waals surface area contributed by atoms with Crippen molar-refractivity contribution in [1.29, 1.82) is 0 Å². The number of aromatic nitrogens is 3. The van der Waals surface area contributed by atoms with Crippen LogP contribution in [0.1, 0.15) is 23.0 Å². The summed E-state index contributed by atoms with van der Waals surface area (Å²) in [5.74, 6) is 1.73. The highest BCUT2D eigenvalue weighted by Gasteiger charge is 2.24. The summed E-state index contributed by atoms with van der Waals surface area (Å²) in [6.07, 6.45) is 0. The number of rotatable bonds is 5. The van der Waals surface area contributed by atoms with E-state index in [-0.39, 0.29) is 17.8 Å². The van der Waals surface area contributed by atoms with Gasteiger partial charge in [-0.3, -0.25) is 4.79 Å². The molecule has 1 N–H and O–H groups in total. The third-order valence-corrected chi connectivity index (χ3v) is 5.75. The molecule has 0 saturated heterocycles. The zero-order chi connectivity index (χ0) is 20.0. The molecular formula is C21H17N3O4S. The van der Waals surface area contributed by atoms with Gasteiger partial charge >= 0.3 is 0 Å². The van der Waals surface area contributed by atoms with Gasteiger partial charge < -0.3 is 18.9 Å². The summed E-state index contributed by atoms with van der Waals surface area (Å²) in [6, 6.07) is 13.2. The summed E-state index contributed by atoms with van der Waals surface area (Å²) in [5, 5.41) is 9.08. The molecule has 3 heterocycles. The molecule has 0 aliphatic carbocycles. The number of carbonyl (C=O) groups excluding carboxylic acids is 1. The molecule has 0 spiro atoms. The molecule has 1 unspecified atom stereocenters. The van der Waals surface area contributed by atoms with Crippen LogP contribution in [0.5, 0.6) is 11.5 Å². The Morgan fingerprint density at radius 2 is 1.97 bits per heavy atom. The van der Waals surface area contributed by atoms with E-state index in [1.54, 1.807) is 12.1 Å². The van der Waals surface area contributed by atoms with Crippen LogP contribution in [0.25, 0.3) is 22.4 Å². The average molecular weight is 407 g/mol. The van der Waals surface area contributed by atoms with Crippen molar-refractivity contribution in [1.82, 2.24) is 15.2 Å². The van der Waals surface area contributed by atoms with Crippen molar-refractivity contribution in [3.8, 4) is 23.0 Å². The average Bonchev–Trinajstić information content (AvgIpc) is 3.44. The van der Waals surface area contributed by atoms with Crippen LogP contribution in [0.2, 0.25) is 0 Å². The Morgan fingerprint density at radius 1 is 1.14 bits per heavy atom. The van der Waals surface area contributed by atoms with Crippen molar-refractivity contribution in [2.75, 3.05) is 6.79 Å². The van der Waals surface area contributed by atoms with Gasteiger partial charge in [-0.25, -0.2) is 0 Å². The van der Waals surface area contributed by atoms with Gasteiger partial charge in [-0.15, -0.1) is 10.2 Å². The molecule has 0 fully saturated rings. The first-order chi connectivity index (χ1) is 14.1. The van der Waals surface area contributed by atoms with E-state index in [9.17, 15) is 4.79 Å². The number of hydrogen-bond acceptors (Lipinski definition) is 7. The van der Waals surface area contributed by atoms with Crippen LogP contribution in [-0.2, 0) is 0 Å². The van der Waals surface area contributed by atoms with E-state index in [4.69, 9.17) is 13.9 Å². The second-order valence-corrected chi connectivity index (χ2v) is 8.03.